The highest BCUT2D eigenvalue weighted by atomic mass is 32.2. The van der Waals surface area contributed by atoms with Gasteiger partial charge in [-0.1, -0.05) is 12.8 Å². The van der Waals surface area contributed by atoms with Crippen LogP contribution in [-0.4, -0.2) is 94.1 Å². The number of methoxy groups -OCH3 is 1. The Kier molecular flexibility index (Phi) is 10.5. The predicted octanol–water partition coefficient (Wildman–Crippen LogP) is 3.99. The van der Waals surface area contributed by atoms with Crippen LogP contribution in [0.25, 0.3) is 0 Å². The Bertz CT molecular complexity index is 1010. The summed E-state index contributed by atoms with van der Waals surface area (Å²) in [5, 5.41) is 0. The van der Waals surface area contributed by atoms with Gasteiger partial charge in [-0.15, -0.1) is 0 Å². The summed E-state index contributed by atoms with van der Waals surface area (Å²) in [5.41, 5.74) is 1.36. The molecule has 38 heavy (non-hydrogen) atoms. The number of nitrogens with zero attached hydrogens (tertiary/aromatic N) is 3. The third kappa shape index (κ3) is 7.29. The SMILES string of the molecule is COc1cc(C)c(S(=O)(=O)N2CCCCC2COCC(=O)N2CCC(CCN3CCCCC3)CC2)c(C)c1. The van der Waals surface area contributed by atoms with Crippen molar-refractivity contribution >= 4 is 15.9 Å². The van der Waals surface area contributed by atoms with Crippen LogP contribution in [0.4, 0.5) is 0 Å². The lowest BCUT2D eigenvalue weighted by Gasteiger charge is -2.36. The first-order valence-corrected chi connectivity index (χ1v) is 16.0. The summed E-state index contributed by atoms with van der Waals surface area (Å²) in [4.78, 5) is 17.7. The van der Waals surface area contributed by atoms with E-state index in [2.05, 4.69) is 4.90 Å². The molecule has 3 aliphatic heterocycles. The van der Waals surface area contributed by atoms with Gasteiger partial charge in [0.1, 0.15) is 12.4 Å². The number of piperidine rings is 3. The van der Waals surface area contributed by atoms with Crippen LogP contribution in [-0.2, 0) is 19.6 Å². The van der Waals surface area contributed by atoms with Crippen LogP contribution in [0.15, 0.2) is 17.0 Å². The van der Waals surface area contributed by atoms with E-state index in [1.54, 1.807) is 23.5 Å². The molecule has 0 aliphatic carbocycles. The molecular weight excluding hydrogens is 502 g/mol. The van der Waals surface area contributed by atoms with E-state index >= 15 is 0 Å². The molecular formula is C29H47N3O5S. The molecule has 1 unspecified atom stereocenters. The number of hydrogen-bond donors (Lipinski definition) is 0. The number of rotatable bonds is 10. The van der Waals surface area contributed by atoms with E-state index in [0.717, 1.165) is 45.2 Å². The number of sulfonamides is 1. The maximum atomic E-state index is 13.7. The Morgan fingerprint density at radius 3 is 2.24 bits per heavy atom. The molecule has 3 heterocycles. The number of likely N-dealkylation sites (tertiary alicyclic amines) is 2. The lowest BCUT2D eigenvalue weighted by Crippen LogP contribution is -2.47. The summed E-state index contributed by atoms with van der Waals surface area (Å²) in [6.07, 6.45) is 9.92. The average molecular weight is 550 g/mol. The van der Waals surface area contributed by atoms with E-state index in [-0.39, 0.29) is 25.2 Å². The third-order valence-corrected chi connectivity index (χ3v) is 10.9. The largest absolute Gasteiger partial charge is 0.497 e. The molecule has 8 nitrogen and oxygen atoms in total. The van der Waals surface area contributed by atoms with Crippen LogP contribution in [0, 0.1) is 19.8 Å². The third-order valence-electron chi connectivity index (χ3n) is 8.61. The molecule has 0 N–H and O–H groups in total. The summed E-state index contributed by atoms with van der Waals surface area (Å²) < 4.78 is 40.2. The molecule has 3 aliphatic rings. The standard InChI is InChI=1S/C29H47N3O5S/c1-23-19-27(36-3)20-24(2)29(23)38(34,35)32-15-8-5-9-26(32)21-37-22-28(33)31-17-11-25(12-18-31)10-16-30-13-6-4-7-14-30/h19-20,25-26H,4-18,21-22H2,1-3H3. The minimum Gasteiger partial charge on any atom is -0.497 e. The molecule has 1 amide bonds. The van der Waals surface area contributed by atoms with Crippen LogP contribution in [0.1, 0.15) is 68.9 Å². The molecule has 0 radical (unpaired) electrons. The van der Waals surface area contributed by atoms with E-state index in [0.29, 0.717) is 34.2 Å². The number of aryl methyl sites for hydroxylation is 2. The minimum absolute atomic E-state index is 0.0173. The van der Waals surface area contributed by atoms with Gasteiger partial charge in [-0.25, -0.2) is 8.42 Å². The molecule has 4 rings (SSSR count). The van der Waals surface area contributed by atoms with Crippen LogP contribution in [0.2, 0.25) is 0 Å². The first-order chi connectivity index (χ1) is 18.3. The van der Waals surface area contributed by atoms with E-state index in [1.807, 2.05) is 18.7 Å². The molecule has 1 aromatic carbocycles. The molecule has 0 saturated carbocycles. The fourth-order valence-electron chi connectivity index (χ4n) is 6.40. The van der Waals surface area contributed by atoms with Gasteiger partial charge in [-0.3, -0.25) is 4.79 Å². The Morgan fingerprint density at radius 1 is 0.921 bits per heavy atom. The monoisotopic (exact) mass is 549 g/mol. The highest BCUT2D eigenvalue weighted by Gasteiger charge is 2.36. The van der Waals surface area contributed by atoms with Crippen molar-refractivity contribution in [3.8, 4) is 5.75 Å². The molecule has 0 bridgehead atoms. The number of ether oxygens (including phenoxy) is 2. The second kappa shape index (κ2) is 13.6. The van der Waals surface area contributed by atoms with Gasteiger partial charge in [0.2, 0.25) is 15.9 Å². The van der Waals surface area contributed by atoms with Crippen LogP contribution < -0.4 is 4.74 Å². The van der Waals surface area contributed by atoms with Crippen LogP contribution >= 0.6 is 0 Å². The topological polar surface area (TPSA) is 79.4 Å². The normalized spacial score (nSPS) is 22.5. The fourth-order valence-corrected chi connectivity index (χ4v) is 8.50. The first-order valence-electron chi connectivity index (χ1n) is 14.5. The molecule has 3 fully saturated rings. The smallest absolute Gasteiger partial charge is 0.248 e. The Hall–Kier alpha value is -1.68. The number of benzene rings is 1. The highest BCUT2D eigenvalue weighted by Crippen LogP contribution is 2.32. The summed E-state index contributed by atoms with van der Waals surface area (Å²) >= 11 is 0. The van der Waals surface area contributed by atoms with Gasteiger partial charge < -0.3 is 19.3 Å². The quantitative estimate of drug-likeness (QED) is 0.439. The zero-order chi connectivity index (χ0) is 27.1. The summed E-state index contributed by atoms with van der Waals surface area (Å²) in [5.74, 6) is 1.38. The summed E-state index contributed by atoms with van der Waals surface area (Å²) in [6, 6.07) is 3.28. The summed E-state index contributed by atoms with van der Waals surface area (Å²) in [7, 11) is -2.11. The van der Waals surface area contributed by atoms with Crippen LogP contribution in [0.5, 0.6) is 5.75 Å². The van der Waals surface area contributed by atoms with Crippen molar-refractivity contribution in [1.82, 2.24) is 14.1 Å². The second-order valence-corrected chi connectivity index (χ2v) is 13.2. The van der Waals surface area contributed by atoms with E-state index in [9.17, 15) is 13.2 Å². The molecule has 9 heteroatoms. The Balaban J connectivity index is 1.25. The van der Waals surface area contributed by atoms with Gasteiger partial charge in [-0.05, 0) is 108 Å². The van der Waals surface area contributed by atoms with Crippen molar-refractivity contribution < 1.29 is 22.7 Å². The van der Waals surface area contributed by atoms with Crippen molar-refractivity contribution in [2.45, 2.75) is 82.6 Å². The minimum atomic E-state index is -3.69. The lowest BCUT2D eigenvalue weighted by atomic mass is 9.93. The van der Waals surface area contributed by atoms with E-state index in [1.165, 1.54) is 45.3 Å². The number of amides is 1. The van der Waals surface area contributed by atoms with Gasteiger partial charge in [-0.2, -0.15) is 4.31 Å². The first kappa shape index (κ1) is 29.3. The Morgan fingerprint density at radius 2 is 1.58 bits per heavy atom. The second-order valence-electron chi connectivity index (χ2n) is 11.4. The zero-order valence-corrected chi connectivity index (χ0v) is 24.4. The van der Waals surface area contributed by atoms with Crippen molar-refractivity contribution in [3.63, 3.8) is 0 Å². The van der Waals surface area contributed by atoms with Crippen molar-refractivity contribution in [3.05, 3.63) is 23.3 Å². The molecule has 1 atom stereocenters. The predicted molar refractivity (Wildman–Crippen MR) is 149 cm³/mol. The average Bonchev–Trinajstić information content (AvgIpc) is 2.92. The molecule has 214 valence electrons. The molecule has 3 saturated heterocycles. The van der Waals surface area contributed by atoms with Gasteiger partial charge >= 0.3 is 0 Å². The number of hydrogen-bond acceptors (Lipinski definition) is 6. The van der Waals surface area contributed by atoms with Gasteiger partial charge in [0.15, 0.2) is 0 Å². The van der Waals surface area contributed by atoms with Crippen molar-refractivity contribution in [2.75, 3.05) is 59.6 Å². The summed E-state index contributed by atoms with van der Waals surface area (Å²) in [6.45, 7) is 9.63. The number of carbonyl (C=O) groups is 1. The maximum absolute atomic E-state index is 13.7. The maximum Gasteiger partial charge on any atom is 0.248 e. The molecule has 0 aromatic heterocycles. The van der Waals surface area contributed by atoms with E-state index < -0.39 is 10.0 Å². The highest BCUT2D eigenvalue weighted by molar-refractivity contribution is 7.89. The van der Waals surface area contributed by atoms with Crippen molar-refractivity contribution in [2.24, 2.45) is 5.92 Å². The molecule has 0 spiro atoms. The van der Waals surface area contributed by atoms with E-state index in [4.69, 9.17) is 9.47 Å². The van der Waals surface area contributed by atoms with Gasteiger partial charge in [0, 0.05) is 25.7 Å². The van der Waals surface area contributed by atoms with Gasteiger partial charge in [0.25, 0.3) is 0 Å². The van der Waals surface area contributed by atoms with Crippen LogP contribution in [0.3, 0.4) is 0 Å². The Labute approximate surface area is 229 Å². The fraction of sp³-hybridized carbons (Fsp3) is 0.759. The van der Waals surface area contributed by atoms with Crippen molar-refractivity contribution in [1.29, 1.82) is 0 Å². The molecule has 1 aromatic rings. The van der Waals surface area contributed by atoms with Gasteiger partial charge in [0.05, 0.1) is 18.6 Å². The lowest BCUT2D eigenvalue weighted by molar-refractivity contribution is -0.138. The number of carbonyl (C=O) groups excluding carboxylic acids is 1. The zero-order valence-electron chi connectivity index (χ0n) is 23.6.